The molecule has 1 amide bonds. The number of hydrogen-bond donors (Lipinski definition) is 2. The van der Waals surface area contributed by atoms with Gasteiger partial charge in [0.15, 0.2) is 4.47 Å². The summed E-state index contributed by atoms with van der Waals surface area (Å²) in [6.45, 7) is 5.92. The van der Waals surface area contributed by atoms with Crippen LogP contribution in [0.3, 0.4) is 0 Å². The van der Waals surface area contributed by atoms with Crippen LogP contribution in [0.4, 0.5) is 0 Å². The summed E-state index contributed by atoms with van der Waals surface area (Å²) in [6.07, 6.45) is 0. The van der Waals surface area contributed by atoms with Gasteiger partial charge in [-0.3, -0.25) is 4.79 Å². The zero-order chi connectivity index (χ0) is 16.6. The first-order valence-electron chi connectivity index (χ1n) is 7.37. The van der Waals surface area contributed by atoms with Crippen molar-refractivity contribution in [1.29, 1.82) is 0 Å². The molecule has 120 valence electrons. The highest BCUT2D eigenvalue weighted by Gasteiger charge is 2.22. The lowest BCUT2D eigenvalue weighted by atomic mass is 10.1. The van der Waals surface area contributed by atoms with Gasteiger partial charge < -0.3 is 10.3 Å². The summed E-state index contributed by atoms with van der Waals surface area (Å²) in [5.41, 5.74) is 2.23. The van der Waals surface area contributed by atoms with Crippen LogP contribution >= 0.6 is 22.9 Å². The molecule has 7 heteroatoms. The quantitative estimate of drug-likeness (QED) is 0.739. The maximum absolute atomic E-state index is 12.5. The first-order chi connectivity index (χ1) is 11.0. The lowest BCUT2D eigenvalue weighted by Crippen LogP contribution is -2.28. The van der Waals surface area contributed by atoms with Gasteiger partial charge in [0, 0.05) is 4.88 Å². The molecule has 5 nitrogen and oxygen atoms in total. The number of thiazole rings is 1. The molecule has 23 heavy (non-hydrogen) atoms. The van der Waals surface area contributed by atoms with Crippen LogP contribution in [-0.4, -0.2) is 20.9 Å². The Morgan fingerprint density at radius 3 is 2.70 bits per heavy atom. The molecule has 2 aromatic heterocycles. The fourth-order valence-corrected chi connectivity index (χ4v) is 3.49. The van der Waals surface area contributed by atoms with Gasteiger partial charge in [-0.25, -0.2) is 9.97 Å². The van der Waals surface area contributed by atoms with Gasteiger partial charge in [-0.05, 0) is 25.0 Å². The van der Waals surface area contributed by atoms with Crippen LogP contribution in [0.25, 0.3) is 11.0 Å². The number of aromatic nitrogens is 3. The summed E-state index contributed by atoms with van der Waals surface area (Å²) in [4.78, 5) is 25.3. The number of H-pyrrole nitrogens is 1. The molecule has 1 atom stereocenters. The van der Waals surface area contributed by atoms with Crippen LogP contribution in [0.5, 0.6) is 0 Å². The highest BCUT2D eigenvalue weighted by molar-refractivity contribution is 7.16. The Balaban J connectivity index is 1.82. The molecule has 2 heterocycles. The van der Waals surface area contributed by atoms with E-state index in [9.17, 15) is 4.79 Å². The van der Waals surface area contributed by atoms with Crippen molar-refractivity contribution in [1.82, 2.24) is 20.3 Å². The minimum Gasteiger partial charge on any atom is -0.341 e. The Kier molecular flexibility index (Phi) is 4.37. The summed E-state index contributed by atoms with van der Waals surface area (Å²) < 4.78 is 0.384. The number of nitrogens with one attached hydrogen (secondary N) is 2. The average molecular weight is 349 g/mol. The first-order valence-corrected chi connectivity index (χ1v) is 8.57. The van der Waals surface area contributed by atoms with E-state index in [1.165, 1.54) is 11.3 Å². The predicted octanol–water partition coefficient (Wildman–Crippen LogP) is 4.29. The third-order valence-electron chi connectivity index (χ3n) is 3.53. The number of fused-ring (bicyclic) bond motifs is 1. The van der Waals surface area contributed by atoms with E-state index in [1.807, 2.05) is 45.0 Å². The number of halogens is 1. The molecule has 1 aromatic carbocycles. The average Bonchev–Trinajstić information content (AvgIpc) is 3.10. The Morgan fingerprint density at radius 2 is 2.00 bits per heavy atom. The highest BCUT2D eigenvalue weighted by atomic mass is 35.5. The van der Waals surface area contributed by atoms with E-state index >= 15 is 0 Å². The molecule has 0 radical (unpaired) electrons. The molecular formula is C16H17ClN4OS. The van der Waals surface area contributed by atoms with Gasteiger partial charge in [0.2, 0.25) is 0 Å². The Bertz CT molecular complexity index is 822. The minimum atomic E-state index is -0.254. The largest absolute Gasteiger partial charge is 0.341 e. The molecule has 0 aliphatic heterocycles. The molecule has 2 N–H and O–H groups in total. The van der Waals surface area contributed by atoms with Crippen molar-refractivity contribution < 1.29 is 4.79 Å². The van der Waals surface area contributed by atoms with E-state index in [0.29, 0.717) is 16.0 Å². The number of hydrogen-bond acceptors (Lipinski definition) is 4. The minimum absolute atomic E-state index is 0.197. The van der Waals surface area contributed by atoms with Crippen molar-refractivity contribution in [3.8, 4) is 0 Å². The van der Waals surface area contributed by atoms with Crippen LogP contribution in [0.2, 0.25) is 4.47 Å². The molecular weight excluding hydrogens is 332 g/mol. The van der Waals surface area contributed by atoms with Crippen LogP contribution in [0, 0.1) is 0 Å². The molecule has 0 aliphatic carbocycles. The molecule has 3 aromatic rings. The number of aromatic amines is 1. The molecule has 0 saturated carbocycles. The lowest BCUT2D eigenvalue weighted by Gasteiger charge is -2.11. The van der Waals surface area contributed by atoms with Crippen molar-refractivity contribution in [3.63, 3.8) is 0 Å². The third kappa shape index (κ3) is 3.23. The predicted molar refractivity (Wildman–Crippen MR) is 93.2 cm³/mol. The number of nitrogens with zero attached hydrogens (tertiary/aromatic N) is 2. The van der Waals surface area contributed by atoms with Crippen molar-refractivity contribution >= 4 is 39.9 Å². The second kappa shape index (κ2) is 6.29. The van der Waals surface area contributed by atoms with E-state index in [2.05, 4.69) is 20.3 Å². The smallest absolute Gasteiger partial charge is 0.271 e. The van der Waals surface area contributed by atoms with Crippen molar-refractivity contribution in [2.24, 2.45) is 0 Å². The number of amides is 1. The van der Waals surface area contributed by atoms with Crippen molar-refractivity contribution in [2.45, 2.75) is 32.7 Å². The maximum Gasteiger partial charge on any atom is 0.271 e. The molecule has 0 fully saturated rings. The Hall–Kier alpha value is -1.92. The molecule has 1 unspecified atom stereocenters. The van der Waals surface area contributed by atoms with Crippen LogP contribution in [0.1, 0.15) is 53.9 Å². The van der Waals surface area contributed by atoms with Crippen LogP contribution < -0.4 is 5.32 Å². The summed E-state index contributed by atoms with van der Waals surface area (Å²) in [5.74, 6) is 0.680. The standard InChI is InChI=1S/C16H17ClN4OS/c1-8(2)13-12(21-16(17)23-13)15(22)18-9(3)14-19-10-6-4-5-7-11(10)20-14/h4-9H,1-3H3,(H,18,22)(H,19,20). The number of carbonyl (C=O) groups excluding carboxylic acids is 1. The first kappa shape index (κ1) is 16.0. The molecule has 0 spiro atoms. The van der Waals surface area contributed by atoms with Gasteiger partial charge in [-0.15, -0.1) is 11.3 Å². The lowest BCUT2D eigenvalue weighted by molar-refractivity contribution is 0.0933. The van der Waals surface area contributed by atoms with E-state index < -0.39 is 0 Å². The number of imidazole rings is 1. The van der Waals surface area contributed by atoms with Gasteiger partial charge in [0.05, 0.1) is 17.1 Å². The summed E-state index contributed by atoms with van der Waals surface area (Å²) in [7, 11) is 0. The Morgan fingerprint density at radius 1 is 1.26 bits per heavy atom. The van der Waals surface area contributed by atoms with Crippen LogP contribution in [-0.2, 0) is 0 Å². The monoisotopic (exact) mass is 348 g/mol. The van der Waals surface area contributed by atoms with Crippen LogP contribution in [0.15, 0.2) is 24.3 Å². The van der Waals surface area contributed by atoms with Gasteiger partial charge in [0.1, 0.15) is 11.5 Å². The van der Waals surface area contributed by atoms with Gasteiger partial charge in [-0.1, -0.05) is 37.6 Å². The summed E-state index contributed by atoms with van der Waals surface area (Å²) in [5, 5.41) is 2.93. The van der Waals surface area contributed by atoms with E-state index in [0.717, 1.165) is 15.9 Å². The SMILES string of the molecule is CC(C)c1sc(Cl)nc1C(=O)NC(C)c1nc2ccccc2[nH]1. The van der Waals surface area contributed by atoms with Gasteiger partial charge >= 0.3 is 0 Å². The van der Waals surface area contributed by atoms with Gasteiger partial charge in [-0.2, -0.15) is 0 Å². The molecule has 0 aliphatic rings. The number of benzene rings is 1. The fourth-order valence-electron chi connectivity index (χ4n) is 2.37. The molecule has 0 bridgehead atoms. The normalized spacial score (nSPS) is 12.7. The maximum atomic E-state index is 12.5. The second-order valence-corrected chi connectivity index (χ2v) is 7.28. The number of para-hydroxylation sites is 2. The highest BCUT2D eigenvalue weighted by Crippen LogP contribution is 2.29. The molecule has 0 saturated heterocycles. The second-order valence-electron chi connectivity index (χ2n) is 5.67. The Labute approximate surface area is 143 Å². The number of rotatable bonds is 4. The summed E-state index contributed by atoms with van der Waals surface area (Å²) >= 11 is 7.32. The zero-order valence-electron chi connectivity index (χ0n) is 13.1. The van der Waals surface area contributed by atoms with Crippen molar-refractivity contribution in [2.75, 3.05) is 0 Å². The van der Waals surface area contributed by atoms with E-state index in [-0.39, 0.29) is 17.9 Å². The summed E-state index contributed by atoms with van der Waals surface area (Å²) in [6, 6.07) is 7.51. The van der Waals surface area contributed by atoms with E-state index in [4.69, 9.17) is 11.6 Å². The van der Waals surface area contributed by atoms with Crippen molar-refractivity contribution in [3.05, 3.63) is 45.1 Å². The molecule has 3 rings (SSSR count). The van der Waals surface area contributed by atoms with E-state index in [1.54, 1.807) is 0 Å². The third-order valence-corrected chi connectivity index (χ3v) is 4.99. The topological polar surface area (TPSA) is 70.7 Å². The zero-order valence-corrected chi connectivity index (χ0v) is 14.6. The fraction of sp³-hybridized carbons (Fsp3) is 0.312. The number of carbonyl (C=O) groups is 1. The van der Waals surface area contributed by atoms with Gasteiger partial charge in [0.25, 0.3) is 5.91 Å².